The van der Waals surface area contributed by atoms with Gasteiger partial charge in [0.05, 0.1) is 6.54 Å². The van der Waals surface area contributed by atoms with Gasteiger partial charge >= 0.3 is 0 Å². The molecule has 0 fully saturated rings. The van der Waals surface area contributed by atoms with E-state index in [9.17, 15) is 8.78 Å². The summed E-state index contributed by atoms with van der Waals surface area (Å²) in [6.07, 6.45) is -0.261. The molecule has 7 heteroatoms. The molecule has 0 unspecified atom stereocenters. The van der Waals surface area contributed by atoms with Gasteiger partial charge in [-0.05, 0) is 25.0 Å². The van der Waals surface area contributed by atoms with E-state index in [1.807, 2.05) is 6.92 Å². The highest BCUT2D eigenvalue weighted by atomic mass is 19.2. The molecule has 0 saturated heterocycles. The van der Waals surface area contributed by atoms with Gasteiger partial charge in [-0.1, -0.05) is 19.0 Å². The summed E-state index contributed by atoms with van der Waals surface area (Å²) in [4.78, 5) is 4.21. The average molecular weight is 311 g/mol. The Morgan fingerprint density at radius 2 is 2.00 bits per heavy atom. The minimum absolute atomic E-state index is 0.217. The van der Waals surface area contributed by atoms with Crippen molar-refractivity contribution in [2.24, 2.45) is 5.92 Å². The van der Waals surface area contributed by atoms with Crippen LogP contribution in [0, 0.1) is 17.6 Å². The van der Waals surface area contributed by atoms with E-state index in [1.54, 1.807) is 0 Å². The minimum atomic E-state index is -0.910. The van der Waals surface area contributed by atoms with Gasteiger partial charge in [-0.15, -0.1) is 0 Å². The van der Waals surface area contributed by atoms with Crippen molar-refractivity contribution in [3.05, 3.63) is 41.5 Å². The lowest BCUT2D eigenvalue weighted by Crippen LogP contribution is -2.08. The van der Waals surface area contributed by atoms with Crippen LogP contribution < -0.4 is 5.32 Å². The van der Waals surface area contributed by atoms with Gasteiger partial charge < -0.3 is 14.6 Å². The summed E-state index contributed by atoms with van der Waals surface area (Å²) < 4.78 is 36.6. The molecule has 2 aromatic rings. The highest BCUT2D eigenvalue weighted by Gasteiger charge is 2.14. The maximum atomic E-state index is 13.1. The topological polar surface area (TPSA) is 60.2 Å². The van der Waals surface area contributed by atoms with E-state index < -0.39 is 11.6 Å². The van der Waals surface area contributed by atoms with Crippen LogP contribution in [0.15, 0.2) is 22.7 Å². The smallest absolute Gasteiger partial charge is 0.246 e. The van der Waals surface area contributed by atoms with E-state index in [4.69, 9.17) is 9.26 Å². The Hall–Kier alpha value is -2.02. The number of benzene rings is 1. The maximum Gasteiger partial charge on any atom is 0.246 e. The highest BCUT2D eigenvalue weighted by molar-refractivity contribution is 5.43. The fourth-order valence-electron chi connectivity index (χ4n) is 1.70. The Balaban J connectivity index is 1.90. The molecule has 0 saturated carbocycles. The van der Waals surface area contributed by atoms with Gasteiger partial charge in [0.2, 0.25) is 5.89 Å². The second-order valence-corrected chi connectivity index (χ2v) is 5.40. The van der Waals surface area contributed by atoms with Gasteiger partial charge in [0.15, 0.2) is 17.5 Å². The molecular formula is C15H19F2N3O2. The number of hydrogen-bond donors (Lipinski definition) is 1. The van der Waals surface area contributed by atoms with Crippen molar-refractivity contribution in [1.82, 2.24) is 10.1 Å². The summed E-state index contributed by atoms with van der Waals surface area (Å²) in [6, 6.07) is 3.56. The molecule has 1 heterocycles. The van der Waals surface area contributed by atoms with Crippen molar-refractivity contribution < 1.29 is 18.0 Å². The van der Waals surface area contributed by atoms with Gasteiger partial charge in [0, 0.05) is 18.4 Å². The number of nitrogens with zero attached hydrogens (tertiary/aromatic N) is 2. The molecular weight excluding hydrogens is 292 g/mol. The second-order valence-electron chi connectivity index (χ2n) is 5.40. The lowest BCUT2D eigenvalue weighted by molar-refractivity contribution is 0.0402. The molecule has 0 aliphatic carbocycles. The molecule has 22 heavy (non-hydrogen) atoms. The standard InChI is InChI=1S/C15H19F2N3O2/c1-9(2)8-21-10(3)15-19-14(22-20-15)7-18-11-4-5-12(16)13(17)6-11/h4-6,9-10,18H,7-8H2,1-3H3/t10-/m1/s1. The molecule has 0 bridgehead atoms. The molecule has 0 amide bonds. The molecule has 0 spiro atoms. The van der Waals surface area contributed by atoms with Gasteiger partial charge in [0.25, 0.3) is 0 Å². The maximum absolute atomic E-state index is 13.1. The summed E-state index contributed by atoms with van der Waals surface area (Å²) in [5.41, 5.74) is 0.433. The molecule has 0 aliphatic heterocycles. The van der Waals surface area contributed by atoms with Crippen LogP contribution in [0.3, 0.4) is 0 Å². The third-order valence-electron chi connectivity index (χ3n) is 2.89. The summed E-state index contributed by atoms with van der Waals surface area (Å²) in [6.45, 7) is 6.78. The Morgan fingerprint density at radius 3 is 2.68 bits per heavy atom. The van der Waals surface area contributed by atoms with Crippen LogP contribution in [0.4, 0.5) is 14.5 Å². The van der Waals surface area contributed by atoms with E-state index in [0.717, 1.165) is 12.1 Å². The number of ether oxygens (including phenoxy) is 1. The largest absolute Gasteiger partial charge is 0.376 e. The average Bonchev–Trinajstić information content (AvgIpc) is 2.95. The third kappa shape index (κ3) is 4.49. The fourth-order valence-corrected chi connectivity index (χ4v) is 1.70. The van der Waals surface area contributed by atoms with Crippen molar-refractivity contribution in [2.45, 2.75) is 33.4 Å². The summed E-state index contributed by atoms with van der Waals surface area (Å²) >= 11 is 0. The van der Waals surface area contributed by atoms with Crippen LogP contribution in [0.2, 0.25) is 0 Å². The fraction of sp³-hybridized carbons (Fsp3) is 0.467. The Labute approximate surface area is 127 Å². The number of aromatic nitrogens is 2. The van der Waals surface area contributed by atoms with E-state index >= 15 is 0 Å². The number of anilines is 1. The normalized spacial score (nSPS) is 12.6. The quantitative estimate of drug-likeness (QED) is 0.845. The van der Waals surface area contributed by atoms with Crippen LogP contribution >= 0.6 is 0 Å². The highest BCUT2D eigenvalue weighted by Crippen LogP contribution is 2.16. The third-order valence-corrected chi connectivity index (χ3v) is 2.89. The Kier molecular flexibility index (Phi) is 5.43. The van der Waals surface area contributed by atoms with Crippen LogP contribution in [-0.4, -0.2) is 16.7 Å². The molecule has 1 aromatic heterocycles. The first kappa shape index (κ1) is 16.4. The molecule has 2 rings (SSSR count). The Bertz CT molecular complexity index is 617. The summed E-state index contributed by atoms with van der Waals surface area (Å²) in [5, 5.41) is 6.74. The lowest BCUT2D eigenvalue weighted by Gasteiger charge is -2.10. The van der Waals surface area contributed by atoms with E-state index in [-0.39, 0.29) is 12.6 Å². The summed E-state index contributed by atoms with van der Waals surface area (Å²) in [7, 11) is 0. The van der Waals surface area contributed by atoms with E-state index in [0.29, 0.717) is 29.9 Å². The van der Waals surface area contributed by atoms with Crippen molar-refractivity contribution >= 4 is 5.69 Å². The Morgan fingerprint density at radius 1 is 1.23 bits per heavy atom. The molecule has 0 radical (unpaired) electrons. The van der Waals surface area contributed by atoms with Crippen molar-refractivity contribution in [2.75, 3.05) is 11.9 Å². The van der Waals surface area contributed by atoms with Gasteiger partial charge in [0.1, 0.15) is 6.10 Å². The number of rotatable bonds is 7. The number of hydrogen-bond acceptors (Lipinski definition) is 5. The zero-order valence-electron chi connectivity index (χ0n) is 12.8. The monoisotopic (exact) mass is 311 g/mol. The second kappa shape index (κ2) is 7.31. The van der Waals surface area contributed by atoms with Crippen LogP contribution in [0.1, 0.15) is 38.6 Å². The minimum Gasteiger partial charge on any atom is -0.376 e. The molecule has 0 aliphatic rings. The summed E-state index contributed by atoms with van der Waals surface area (Å²) in [5.74, 6) is -0.569. The molecule has 1 N–H and O–H groups in total. The van der Waals surface area contributed by atoms with Crippen LogP contribution in [0.25, 0.3) is 0 Å². The van der Waals surface area contributed by atoms with Crippen LogP contribution in [-0.2, 0) is 11.3 Å². The molecule has 120 valence electrons. The van der Waals surface area contributed by atoms with Gasteiger partial charge in [-0.2, -0.15) is 4.98 Å². The zero-order chi connectivity index (χ0) is 16.1. The van der Waals surface area contributed by atoms with Crippen molar-refractivity contribution in [3.8, 4) is 0 Å². The van der Waals surface area contributed by atoms with Crippen molar-refractivity contribution in [3.63, 3.8) is 0 Å². The molecule has 1 atom stereocenters. The van der Waals surface area contributed by atoms with Gasteiger partial charge in [-0.25, -0.2) is 8.78 Å². The first-order valence-electron chi connectivity index (χ1n) is 7.08. The SMILES string of the molecule is CC(C)CO[C@H](C)c1noc(CNc2ccc(F)c(F)c2)n1. The number of nitrogens with one attached hydrogen (secondary N) is 1. The lowest BCUT2D eigenvalue weighted by atomic mass is 10.2. The van der Waals surface area contributed by atoms with Crippen LogP contribution in [0.5, 0.6) is 0 Å². The predicted molar refractivity (Wildman–Crippen MR) is 77.2 cm³/mol. The van der Waals surface area contributed by atoms with Gasteiger partial charge in [-0.3, -0.25) is 0 Å². The first-order chi connectivity index (χ1) is 10.5. The number of halogens is 2. The van der Waals surface area contributed by atoms with E-state index in [1.165, 1.54) is 6.07 Å². The molecule has 5 nitrogen and oxygen atoms in total. The van der Waals surface area contributed by atoms with E-state index in [2.05, 4.69) is 29.3 Å². The molecule has 1 aromatic carbocycles. The predicted octanol–water partition coefficient (Wildman–Crippen LogP) is 3.69. The first-order valence-corrected chi connectivity index (χ1v) is 7.08. The van der Waals surface area contributed by atoms with Crippen molar-refractivity contribution in [1.29, 1.82) is 0 Å². The zero-order valence-corrected chi connectivity index (χ0v) is 12.8.